The van der Waals surface area contributed by atoms with Crippen LogP contribution >= 0.6 is 11.6 Å². The molecule has 1 N–H and O–H groups in total. The molecule has 0 aliphatic heterocycles. The molecule has 0 bridgehead atoms. The van der Waals surface area contributed by atoms with E-state index in [0.717, 1.165) is 17.0 Å². The number of rotatable bonds is 4. The molecule has 1 heterocycles. The molecule has 0 aliphatic rings. The minimum atomic E-state index is -0.283. The van der Waals surface area contributed by atoms with Crippen LogP contribution in [0.4, 0.5) is 4.39 Å². The highest BCUT2D eigenvalue weighted by Crippen LogP contribution is 2.23. The molecule has 0 spiro atoms. The summed E-state index contributed by atoms with van der Waals surface area (Å²) in [4.78, 5) is 0. The van der Waals surface area contributed by atoms with Gasteiger partial charge in [0.2, 0.25) is 0 Å². The van der Waals surface area contributed by atoms with Gasteiger partial charge in [-0.15, -0.1) is 0 Å². The first kappa shape index (κ1) is 14.9. The highest BCUT2D eigenvalue weighted by Gasteiger charge is 2.16. The molecule has 20 heavy (non-hydrogen) atoms. The van der Waals surface area contributed by atoms with Crippen LogP contribution in [0.5, 0.6) is 0 Å². The van der Waals surface area contributed by atoms with Gasteiger partial charge in [-0.05, 0) is 56.6 Å². The summed E-state index contributed by atoms with van der Waals surface area (Å²) < 4.78 is 13.9. The molecule has 5 heteroatoms. The van der Waals surface area contributed by atoms with Gasteiger partial charge in [-0.1, -0.05) is 17.7 Å². The standard InChI is InChI=1S/C15H17ClFN3/c1-9-6-13(10(2)20-19-9)15(18-3)7-11-4-5-12(16)8-14(11)17/h4-6,8,15,18H,7H2,1-3H3. The molecule has 0 amide bonds. The average molecular weight is 294 g/mol. The van der Waals surface area contributed by atoms with Crippen molar-refractivity contribution in [2.24, 2.45) is 0 Å². The van der Waals surface area contributed by atoms with Crippen LogP contribution in [-0.2, 0) is 6.42 Å². The van der Waals surface area contributed by atoms with Crippen LogP contribution in [0.2, 0.25) is 5.02 Å². The van der Waals surface area contributed by atoms with E-state index in [2.05, 4.69) is 15.5 Å². The third-order valence-electron chi connectivity index (χ3n) is 3.30. The molecule has 1 aromatic carbocycles. The highest BCUT2D eigenvalue weighted by molar-refractivity contribution is 6.30. The third kappa shape index (κ3) is 3.32. The van der Waals surface area contributed by atoms with Gasteiger partial charge in [0.05, 0.1) is 11.4 Å². The van der Waals surface area contributed by atoms with Gasteiger partial charge in [0.25, 0.3) is 0 Å². The second-order valence-electron chi connectivity index (χ2n) is 4.81. The predicted molar refractivity (Wildman–Crippen MR) is 78.4 cm³/mol. The predicted octanol–water partition coefficient (Wildman–Crippen LogP) is 3.39. The third-order valence-corrected chi connectivity index (χ3v) is 3.54. The first-order chi connectivity index (χ1) is 9.51. The highest BCUT2D eigenvalue weighted by atomic mass is 35.5. The van der Waals surface area contributed by atoms with Crippen molar-refractivity contribution in [1.82, 2.24) is 15.5 Å². The fraction of sp³-hybridized carbons (Fsp3) is 0.333. The number of aromatic nitrogens is 2. The van der Waals surface area contributed by atoms with Gasteiger partial charge in [0.15, 0.2) is 0 Å². The van der Waals surface area contributed by atoms with Gasteiger partial charge < -0.3 is 5.32 Å². The number of nitrogens with zero attached hydrogens (tertiary/aromatic N) is 2. The first-order valence-electron chi connectivity index (χ1n) is 6.43. The summed E-state index contributed by atoms with van der Waals surface area (Å²) in [5, 5.41) is 11.8. The summed E-state index contributed by atoms with van der Waals surface area (Å²) in [7, 11) is 1.85. The molecule has 1 unspecified atom stereocenters. The van der Waals surface area contributed by atoms with Crippen molar-refractivity contribution in [3.63, 3.8) is 0 Å². The van der Waals surface area contributed by atoms with Crippen molar-refractivity contribution >= 4 is 11.6 Å². The lowest BCUT2D eigenvalue weighted by atomic mass is 9.97. The molecule has 0 aliphatic carbocycles. The summed E-state index contributed by atoms with van der Waals surface area (Å²) in [6.07, 6.45) is 0.533. The van der Waals surface area contributed by atoms with E-state index in [9.17, 15) is 4.39 Å². The number of hydrogen-bond donors (Lipinski definition) is 1. The normalized spacial score (nSPS) is 12.4. The Morgan fingerprint density at radius 3 is 2.65 bits per heavy atom. The summed E-state index contributed by atoms with van der Waals surface area (Å²) in [5.41, 5.74) is 3.36. The van der Waals surface area contributed by atoms with E-state index in [1.807, 2.05) is 27.0 Å². The minimum Gasteiger partial charge on any atom is -0.313 e. The number of benzene rings is 1. The van der Waals surface area contributed by atoms with Crippen LogP contribution in [0, 0.1) is 19.7 Å². The van der Waals surface area contributed by atoms with E-state index >= 15 is 0 Å². The largest absolute Gasteiger partial charge is 0.313 e. The fourth-order valence-electron chi connectivity index (χ4n) is 2.20. The second kappa shape index (κ2) is 6.29. The average Bonchev–Trinajstić information content (AvgIpc) is 2.41. The Morgan fingerprint density at radius 2 is 2.00 bits per heavy atom. The molecule has 2 aromatic rings. The monoisotopic (exact) mass is 293 g/mol. The van der Waals surface area contributed by atoms with Crippen molar-refractivity contribution in [1.29, 1.82) is 0 Å². The molecular weight excluding hydrogens is 277 g/mol. The van der Waals surface area contributed by atoms with Crippen LogP contribution < -0.4 is 5.32 Å². The Kier molecular flexibility index (Phi) is 4.68. The quantitative estimate of drug-likeness (QED) is 0.939. The van der Waals surface area contributed by atoms with E-state index in [0.29, 0.717) is 17.0 Å². The molecular formula is C15H17ClFN3. The molecule has 1 atom stereocenters. The fourth-order valence-corrected chi connectivity index (χ4v) is 2.36. The number of aryl methyl sites for hydroxylation is 2. The molecule has 1 aromatic heterocycles. The zero-order valence-electron chi connectivity index (χ0n) is 11.7. The molecule has 106 valence electrons. The summed E-state index contributed by atoms with van der Waals surface area (Å²) in [6, 6.07) is 6.73. The van der Waals surface area contributed by atoms with Crippen LogP contribution in [0.1, 0.15) is 28.6 Å². The lowest BCUT2D eigenvalue weighted by Crippen LogP contribution is -2.21. The van der Waals surface area contributed by atoms with Crippen LogP contribution in [0.25, 0.3) is 0 Å². The van der Waals surface area contributed by atoms with Crippen molar-refractivity contribution < 1.29 is 4.39 Å². The zero-order chi connectivity index (χ0) is 14.7. The van der Waals surface area contributed by atoms with Gasteiger partial charge >= 0.3 is 0 Å². The van der Waals surface area contributed by atoms with Gasteiger partial charge in [0, 0.05) is 11.1 Å². The van der Waals surface area contributed by atoms with Crippen molar-refractivity contribution in [3.8, 4) is 0 Å². The van der Waals surface area contributed by atoms with Crippen molar-refractivity contribution in [2.75, 3.05) is 7.05 Å². The summed E-state index contributed by atoms with van der Waals surface area (Å²) >= 11 is 5.78. The number of nitrogens with one attached hydrogen (secondary N) is 1. The summed E-state index contributed by atoms with van der Waals surface area (Å²) in [6.45, 7) is 3.80. The van der Waals surface area contributed by atoms with Crippen LogP contribution in [0.3, 0.4) is 0 Å². The Hall–Kier alpha value is -1.52. The molecule has 0 saturated heterocycles. The van der Waals surface area contributed by atoms with E-state index in [1.54, 1.807) is 12.1 Å². The van der Waals surface area contributed by atoms with E-state index in [-0.39, 0.29) is 11.9 Å². The topological polar surface area (TPSA) is 37.8 Å². The van der Waals surface area contributed by atoms with Crippen molar-refractivity contribution in [2.45, 2.75) is 26.3 Å². The Morgan fingerprint density at radius 1 is 1.25 bits per heavy atom. The Bertz CT molecular complexity index is 616. The smallest absolute Gasteiger partial charge is 0.127 e. The summed E-state index contributed by atoms with van der Waals surface area (Å²) in [5.74, 6) is -0.283. The first-order valence-corrected chi connectivity index (χ1v) is 6.81. The van der Waals surface area contributed by atoms with E-state index in [4.69, 9.17) is 11.6 Å². The second-order valence-corrected chi connectivity index (χ2v) is 5.24. The number of hydrogen-bond acceptors (Lipinski definition) is 3. The maximum atomic E-state index is 13.9. The SMILES string of the molecule is CNC(Cc1ccc(Cl)cc1F)c1cc(C)nnc1C. The minimum absolute atomic E-state index is 0.0140. The van der Waals surface area contributed by atoms with Crippen LogP contribution in [-0.4, -0.2) is 17.2 Å². The van der Waals surface area contributed by atoms with Gasteiger partial charge in [0.1, 0.15) is 5.82 Å². The van der Waals surface area contributed by atoms with E-state index in [1.165, 1.54) is 6.07 Å². The lowest BCUT2D eigenvalue weighted by Gasteiger charge is -2.19. The number of halogens is 2. The maximum absolute atomic E-state index is 13.9. The van der Waals surface area contributed by atoms with Crippen LogP contribution in [0.15, 0.2) is 24.3 Å². The zero-order valence-corrected chi connectivity index (χ0v) is 12.5. The Balaban J connectivity index is 2.31. The molecule has 0 saturated carbocycles. The molecule has 3 nitrogen and oxygen atoms in total. The van der Waals surface area contributed by atoms with Gasteiger partial charge in [-0.2, -0.15) is 10.2 Å². The van der Waals surface area contributed by atoms with E-state index < -0.39 is 0 Å². The molecule has 0 radical (unpaired) electrons. The van der Waals surface area contributed by atoms with Crippen molar-refractivity contribution in [3.05, 3.63) is 57.6 Å². The maximum Gasteiger partial charge on any atom is 0.127 e. The number of likely N-dealkylation sites (N-methyl/N-ethyl adjacent to an activating group) is 1. The molecule has 2 rings (SSSR count). The van der Waals surface area contributed by atoms with Gasteiger partial charge in [-0.25, -0.2) is 4.39 Å². The molecule has 0 fully saturated rings. The Labute approximate surface area is 123 Å². The van der Waals surface area contributed by atoms with Gasteiger partial charge in [-0.3, -0.25) is 0 Å². The lowest BCUT2D eigenvalue weighted by molar-refractivity contribution is 0.549.